The highest BCUT2D eigenvalue weighted by atomic mass is 127. The number of rotatable bonds is 7. The highest BCUT2D eigenvalue weighted by Crippen LogP contribution is 2.09. The van der Waals surface area contributed by atoms with Crippen LogP contribution in [0.15, 0.2) is 65.8 Å². The molecule has 8 heteroatoms. The number of hydrogen-bond acceptors (Lipinski definition) is 2. The average molecular weight is 511 g/mol. The Labute approximate surface area is 186 Å². The Balaban J connectivity index is 0.00000300. The van der Waals surface area contributed by atoms with Gasteiger partial charge in [-0.3, -0.25) is 0 Å². The lowest BCUT2D eigenvalue weighted by molar-refractivity contribution is 0.610. The second-order valence-corrected chi connectivity index (χ2v) is 6.19. The van der Waals surface area contributed by atoms with Crippen molar-refractivity contribution >= 4 is 29.9 Å². The maximum atomic E-state index is 13.7. The molecule has 0 atom stereocenters. The van der Waals surface area contributed by atoms with Gasteiger partial charge in [0.1, 0.15) is 11.6 Å². The van der Waals surface area contributed by atoms with E-state index < -0.39 is 0 Å². The predicted octanol–water partition coefficient (Wildman–Crippen LogP) is 4.07. The van der Waals surface area contributed by atoms with Crippen LogP contribution in [0.25, 0.3) is 5.69 Å². The summed E-state index contributed by atoms with van der Waals surface area (Å²) >= 11 is 0. The van der Waals surface area contributed by atoms with E-state index >= 15 is 0 Å². The van der Waals surface area contributed by atoms with Gasteiger partial charge in [-0.1, -0.05) is 18.2 Å². The van der Waals surface area contributed by atoms with E-state index in [0.717, 1.165) is 11.4 Å². The van der Waals surface area contributed by atoms with Gasteiger partial charge in [0.05, 0.1) is 17.9 Å². The van der Waals surface area contributed by atoms with Gasteiger partial charge in [-0.05, 0) is 43.3 Å². The predicted molar refractivity (Wildman–Crippen MR) is 122 cm³/mol. The van der Waals surface area contributed by atoms with E-state index in [2.05, 4.69) is 20.7 Å². The molecule has 0 aliphatic heterocycles. The minimum atomic E-state index is -0.272. The third kappa shape index (κ3) is 6.81. The van der Waals surface area contributed by atoms with Gasteiger partial charge in [-0.15, -0.1) is 24.0 Å². The Morgan fingerprint density at radius 3 is 2.52 bits per heavy atom. The van der Waals surface area contributed by atoms with Crippen LogP contribution in [-0.2, 0) is 13.0 Å². The monoisotopic (exact) mass is 511 g/mol. The van der Waals surface area contributed by atoms with Crippen LogP contribution < -0.4 is 10.6 Å². The molecule has 0 saturated heterocycles. The molecule has 0 aliphatic carbocycles. The standard InChI is InChI=1S/C21H23F2N5.HI/c1-2-24-21(26-15-16-5-3-4-6-20(16)23)25-13-11-18-12-14-28(27-18)19-9-7-17(22)8-10-19;/h3-10,12,14H,2,11,13,15H2,1H3,(H2,24,25,26);1H. The Hall–Kier alpha value is -2.49. The minimum absolute atomic E-state index is 0. The topological polar surface area (TPSA) is 54.2 Å². The molecule has 0 saturated carbocycles. The van der Waals surface area contributed by atoms with E-state index in [1.54, 1.807) is 35.0 Å². The molecule has 0 bridgehead atoms. The van der Waals surface area contributed by atoms with Crippen molar-refractivity contribution < 1.29 is 8.78 Å². The van der Waals surface area contributed by atoms with E-state index in [1.165, 1.54) is 18.2 Å². The Kier molecular flexibility index (Phi) is 9.04. The molecule has 0 spiro atoms. The lowest BCUT2D eigenvalue weighted by Gasteiger charge is -2.11. The van der Waals surface area contributed by atoms with Crippen LogP contribution in [0, 0.1) is 11.6 Å². The van der Waals surface area contributed by atoms with Crippen molar-refractivity contribution in [3.8, 4) is 5.69 Å². The second-order valence-electron chi connectivity index (χ2n) is 6.19. The molecular formula is C21H24F2IN5. The van der Waals surface area contributed by atoms with Crippen molar-refractivity contribution in [2.75, 3.05) is 13.1 Å². The lowest BCUT2D eigenvalue weighted by Crippen LogP contribution is -2.38. The zero-order valence-corrected chi connectivity index (χ0v) is 18.4. The van der Waals surface area contributed by atoms with E-state index in [1.807, 2.05) is 19.2 Å². The summed E-state index contributed by atoms with van der Waals surface area (Å²) in [5.74, 6) is 0.100. The molecule has 2 N–H and O–H groups in total. The van der Waals surface area contributed by atoms with Gasteiger partial charge in [-0.25, -0.2) is 18.5 Å². The van der Waals surface area contributed by atoms with Gasteiger partial charge in [-0.2, -0.15) is 5.10 Å². The maximum Gasteiger partial charge on any atom is 0.191 e. The fraction of sp³-hybridized carbons (Fsp3) is 0.238. The number of aliphatic imine (C=N–C) groups is 1. The van der Waals surface area contributed by atoms with E-state index in [0.29, 0.717) is 31.0 Å². The molecule has 1 heterocycles. The second kappa shape index (κ2) is 11.5. The van der Waals surface area contributed by atoms with Crippen molar-refractivity contribution in [1.29, 1.82) is 0 Å². The number of aromatic nitrogens is 2. The zero-order chi connectivity index (χ0) is 19.8. The fourth-order valence-electron chi connectivity index (χ4n) is 2.67. The van der Waals surface area contributed by atoms with E-state index in [9.17, 15) is 8.78 Å². The molecule has 5 nitrogen and oxygen atoms in total. The number of nitrogens with zero attached hydrogens (tertiary/aromatic N) is 3. The molecule has 0 amide bonds. The molecule has 29 heavy (non-hydrogen) atoms. The molecule has 0 unspecified atom stereocenters. The zero-order valence-electron chi connectivity index (χ0n) is 16.1. The van der Waals surface area contributed by atoms with Gasteiger partial charge in [0, 0.05) is 31.3 Å². The Bertz CT molecular complexity index is 925. The van der Waals surface area contributed by atoms with Crippen molar-refractivity contribution in [2.45, 2.75) is 19.9 Å². The summed E-state index contributed by atoms with van der Waals surface area (Å²) in [4.78, 5) is 4.43. The van der Waals surface area contributed by atoms with Crippen LogP contribution in [0.4, 0.5) is 8.78 Å². The highest BCUT2D eigenvalue weighted by Gasteiger charge is 2.04. The first-order chi connectivity index (χ1) is 13.7. The third-order valence-corrected chi connectivity index (χ3v) is 4.12. The van der Waals surface area contributed by atoms with Crippen LogP contribution >= 0.6 is 24.0 Å². The molecule has 0 aliphatic rings. The molecule has 2 aromatic carbocycles. The van der Waals surface area contributed by atoms with E-state index in [4.69, 9.17) is 0 Å². The summed E-state index contributed by atoms with van der Waals surface area (Å²) in [5.41, 5.74) is 2.26. The summed E-state index contributed by atoms with van der Waals surface area (Å²) in [6.45, 7) is 3.58. The summed E-state index contributed by atoms with van der Waals surface area (Å²) in [6.07, 6.45) is 2.54. The number of hydrogen-bond donors (Lipinski definition) is 2. The minimum Gasteiger partial charge on any atom is -0.357 e. The van der Waals surface area contributed by atoms with Crippen LogP contribution in [0.5, 0.6) is 0 Å². The molecule has 154 valence electrons. The molecule has 1 aromatic heterocycles. The van der Waals surface area contributed by atoms with Crippen LogP contribution in [0.2, 0.25) is 0 Å². The van der Waals surface area contributed by atoms with Gasteiger partial charge in [0.25, 0.3) is 0 Å². The molecule has 3 aromatic rings. The van der Waals surface area contributed by atoms with Gasteiger partial charge < -0.3 is 10.6 Å². The van der Waals surface area contributed by atoms with Crippen LogP contribution in [0.3, 0.4) is 0 Å². The molecular weight excluding hydrogens is 487 g/mol. The Morgan fingerprint density at radius 1 is 1.03 bits per heavy atom. The van der Waals surface area contributed by atoms with Gasteiger partial charge >= 0.3 is 0 Å². The van der Waals surface area contributed by atoms with Gasteiger partial charge in [0.15, 0.2) is 5.96 Å². The average Bonchev–Trinajstić information content (AvgIpc) is 3.16. The first-order valence-corrected chi connectivity index (χ1v) is 9.22. The first kappa shape index (κ1) is 22.8. The molecule has 0 fully saturated rings. The smallest absolute Gasteiger partial charge is 0.191 e. The van der Waals surface area contributed by atoms with Crippen LogP contribution in [-0.4, -0.2) is 28.8 Å². The van der Waals surface area contributed by atoms with Crippen molar-refractivity contribution in [1.82, 2.24) is 20.4 Å². The maximum absolute atomic E-state index is 13.7. The SMILES string of the molecule is CCNC(=NCc1ccccc1F)NCCc1ccn(-c2ccc(F)cc2)n1.I. The number of benzene rings is 2. The summed E-state index contributed by atoms with van der Waals surface area (Å²) in [5, 5.41) is 10.9. The lowest BCUT2D eigenvalue weighted by atomic mass is 10.2. The number of nitrogens with one attached hydrogen (secondary N) is 2. The highest BCUT2D eigenvalue weighted by molar-refractivity contribution is 14.0. The van der Waals surface area contributed by atoms with Crippen molar-refractivity contribution in [3.63, 3.8) is 0 Å². The normalized spacial score (nSPS) is 11.1. The molecule has 0 radical (unpaired) electrons. The largest absolute Gasteiger partial charge is 0.357 e. The third-order valence-electron chi connectivity index (χ3n) is 4.12. The van der Waals surface area contributed by atoms with Crippen LogP contribution in [0.1, 0.15) is 18.2 Å². The quantitative estimate of drug-likeness (QED) is 0.286. The summed E-state index contributed by atoms with van der Waals surface area (Å²) in [6, 6.07) is 14.7. The van der Waals surface area contributed by atoms with Crippen molar-refractivity contribution in [3.05, 3.63) is 83.7 Å². The van der Waals surface area contributed by atoms with E-state index in [-0.39, 0.29) is 42.2 Å². The first-order valence-electron chi connectivity index (χ1n) is 9.22. The molecule has 3 rings (SSSR count). The van der Waals surface area contributed by atoms with Gasteiger partial charge in [0.2, 0.25) is 0 Å². The number of halogens is 3. The van der Waals surface area contributed by atoms with Crippen molar-refractivity contribution in [2.24, 2.45) is 4.99 Å². The number of guanidine groups is 1. The summed E-state index contributed by atoms with van der Waals surface area (Å²) < 4.78 is 28.5. The summed E-state index contributed by atoms with van der Waals surface area (Å²) in [7, 11) is 0. The Morgan fingerprint density at radius 2 is 1.79 bits per heavy atom. The fourth-order valence-corrected chi connectivity index (χ4v) is 2.67.